The molecule has 2 heterocycles. The van der Waals surface area contributed by atoms with Gasteiger partial charge in [0.2, 0.25) is 35.4 Å². The number of imidazole rings is 1. The summed E-state index contributed by atoms with van der Waals surface area (Å²) in [5, 5.41) is 24.3. The van der Waals surface area contributed by atoms with Crippen LogP contribution >= 0.6 is 0 Å². The van der Waals surface area contributed by atoms with Gasteiger partial charge in [-0.05, 0) is 67.6 Å². The number of rotatable bonds is 23. The minimum Gasteiger partial charge on any atom is -0.508 e. The van der Waals surface area contributed by atoms with Crippen molar-refractivity contribution in [3.8, 4) is 5.75 Å². The number of primary amides is 1. The number of H-pyrrole nitrogens is 2. The van der Waals surface area contributed by atoms with Gasteiger partial charge in [0.05, 0.1) is 12.4 Å². The van der Waals surface area contributed by atoms with E-state index in [1.165, 1.54) is 25.4 Å². The quantitative estimate of drug-likeness (QED) is 0.0398. The first-order valence-corrected chi connectivity index (χ1v) is 20.4. The summed E-state index contributed by atoms with van der Waals surface area (Å²) in [6.45, 7) is 1.82. The lowest BCUT2D eigenvalue weighted by Crippen LogP contribution is -2.59. The Bertz CT molecular complexity index is 2270. The maximum atomic E-state index is 14.2. The summed E-state index contributed by atoms with van der Waals surface area (Å²) in [6.07, 6.45) is 6.28. The lowest BCUT2D eigenvalue weighted by atomic mass is 10.0. The third-order valence-electron chi connectivity index (χ3n) is 10.3. The molecule has 0 radical (unpaired) electrons. The maximum Gasteiger partial charge on any atom is 0.243 e. The summed E-state index contributed by atoms with van der Waals surface area (Å²) in [5.41, 5.74) is 20.9. The number of unbranched alkanes of at least 4 members (excludes halogenated alkanes) is 1. The van der Waals surface area contributed by atoms with Gasteiger partial charge in [0.15, 0.2) is 0 Å². The zero-order chi connectivity index (χ0) is 44.6. The van der Waals surface area contributed by atoms with Crippen LogP contribution in [0, 0.1) is 0 Å². The van der Waals surface area contributed by atoms with Crippen LogP contribution in [0.4, 0.5) is 0 Å². The Kier molecular flexibility index (Phi) is 16.7. The number of phenolic OH excluding ortho intramolecular Hbond substituents is 1. The number of hydrogen-bond donors (Lipinski definition) is 11. The summed E-state index contributed by atoms with van der Waals surface area (Å²) in [4.78, 5) is 91.6. The number of fused-ring (bicyclic) bond motifs is 1. The Hall–Kier alpha value is -7.05. The number of hydrogen-bond acceptors (Lipinski definition) is 10. The molecule has 0 spiro atoms. The summed E-state index contributed by atoms with van der Waals surface area (Å²) in [5.74, 6) is -4.19. The number of aromatic amines is 2. The van der Waals surface area contributed by atoms with Crippen LogP contribution in [0.1, 0.15) is 48.6 Å². The maximum absolute atomic E-state index is 14.2. The SMILES string of the molecule is C[C@H](NC(=O)C(Cc1c[nH]c2ccccc12)NC(=O)[C@@H](N)Cc1cnc[nH]1)C(=O)N[C@@H](Cc1ccc(O)cc1)C(=O)N[C@H](Cc1ccccc1)C(=O)N[C@@H](CCCCN)C(N)=O. The van der Waals surface area contributed by atoms with E-state index >= 15 is 0 Å². The van der Waals surface area contributed by atoms with Crippen molar-refractivity contribution in [2.24, 2.45) is 17.2 Å². The van der Waals surface area contributed by atoms with Crippen LogP contribution in [0.2, 0.25) is 0 Å². The van der Waals surface area contributed by atoms with Crippen LogP contribution in [0.3, 0.4) is 0 Å². The van der Waals surface area contributed by atoms with Crippen molar-refractivity contribution < 1.29 is 33.9 Å². The highest BCUT2D eigenvalue weighted by Gasteiger charge is 2.32. The molecule has 3 aromatic carbocycles. The number of amides is 6. The van der Waals surface area contributed by atoms with Crippen molar-refractivity contribution in [3.05, 3.63) is 120 Å². The third kappa shape index (κ3) is 13.5. The fraction of sp³-hybridized carbons (Fsp3) is 0.341. The molecule has 0 bridgehead atoms. The van der Waals surface area contributed by atoms with Gasteiger partial charge >= 0.3 is 0 Å². The molecular formula is C44H55N11O7. The molecule has 328 valence electrons. The predicted molar refractivity (Wildman–Crippen MR) is 232 cm³/mol. The van der Waals surface area contributed by atoms with Crippen LogP contribution in [0.15, 0.2) is 97.6 Å². The number of nitrogens with two attached hydrogens (primary N) is 3. The first-order chi connectivity index (χ1) is 29.8. The lowest BCUT2D eigenvalue weighted by molar-refractivity contribution is -0.134. The van der Waals surface area contributed by atoms with Crippen molar-refractivity contribution in [2.45, 2.75) is 88.1 Å². The second kappa shape index (κ2) is 22.5. The van der Waals surface area contributed by atoms with Crippen molar-refractivity contribution >= 4 is 46.3 Å². The van der Waals surface area contributed by atoms with Crippen LogP contribution in [-0.2, 0) is 54.5 Å². The standard InChI is InChI=1S/C44H55N11O7/c1-26(51-42(60)38(21-29-23-49-34-12-6-5-11-32(29)34)54-41(59)33(46)22-30-24-48-25-50-30)40(58)53-36(20-28-14-16-31(56)17-15-28)44(62)55-37(19-27-9-3-2-4-10-27)43(61)52-35(39(47)57)13-7-8-18-45/h2-6,9-12,14-17,23-26,33,35-38,49,56H,7-8,13,18-22,45-46H2,1H3,(H2,47,57)(H,48,50)(H,51,60)(H,52,61)(H,53,58)(H,54,59)(H,55,62)/t26-,33-,35-,36-,37+,38?/m0/s1. The fourth-order valence-corrected chi connectivity index (χ4v) is 6.87. The Morgan fingerprint density at radius 3 is 1.89 bits per heavy atom. The molecule has 1 unspecified atom stereocenters. The van der Waals surface area contributed by atoms with Gasteiger partial charge in [-0.25, -0.2) is 4.98 Å². The number of para-hydroxylation sites is 1. The molecule has 0 saturated heterocycles. The highest BCUT2D eigenvalue weighted by molar-refractivity contribution is 5.97. The van der Waals surface area contributed by atoms with Crippen LogP contribution in [0.25, 0.3) is 10.9 Å². The van der Waals surface area contributed by atoms with Gasteiger partial charge in [0, 0.05) is 54.7 Å². The Balaban J connectivity index is 1.34. The molecule has 0 saturated carbocycles. The van der Waals surface area contributed by atoms with E-state index in [0.29, 0.717) is 36.2 Å². The first kappa shape index (κ1) is 46.0. The minimum absolute atomic E-state index is 0.0123. The van der Waals surface area contributed by atoms with Gasteiger partial charge in [0.1, 0.15) is 36.0 Å². The van der Waals surface area contributed by atoms with Crippen LogP contribution in [-0.4, -0.2) is 98.3 Å². The Labute approximate surface area is 358 Å². The third-order valence-corrected chi connectivity index (χ3v) is 10.3. The zero-order valence-electron chi connectivity index (χ0n) is 34.4. The van der Waals surface area contributed by atoms with E-state index in [2.05, 4.69) is 41.5 Å². The average Bonchev–Trinajstić information content (AvgIpc) is 3.93. The number of aromatic hydroxyl groups is 1. The predicted octanol–water partition coefficient (Wildman–Crippen LogP) is 0.253. The van der Waals surface area contributed by atoms with Gasteiger partial charge in [-0.15, -0.1) is 0 Å². The van der Waals surface area contributed by atoms with Crippen molar-refractivity contribution in [2.75, 3.05) is 6.54 Å². The van der Waals surface area contributed by atoms with E-state index in [1.54, 1.807) is 54.9 Å². The van der Waals surface area contributed by atoms with Crippen molar-refractivity contribution in [1.29, 1.82) is 0 Å². The number of nitrogens with zero attached hydrogens (tertiary/aromatic N) is 1. The van der Waals surface area contributed by atoms with E-state index in [0.717, 1.165) is 16.5 Å². The number of aromatic nitrogens is 3. The molecule has 0 aliphatic heterocycles. The van der Waals surface area contributed by atoms with Crippen molar-refractivity contribution in [3.63, 3.8) is 0 Å². The number of carbonyl (C=O) groups excluding carboxylic acids is 6. The summed E-state index contributed by atoms with van der Waals surface area (Å²) >= 11 is 0. The molecule has 0 aliphatic rings. The fourth-order valence-electron chi connectivity index (χ4n) is 6.87. The lowest BCUT2D eigenvalue weighted by Gasteiger charge is -2.26. The minimum atomic E-state index is -1.30. The molecule has 5 rings (SSSR count). The monoisotopic (exact) mass is 849 g/mol. The topological polar surface area (TPSA) is 305 Å². The molecular weight excluding hydrogens is 795 g/mol. The summed E-state index contributed by atoms with van der Waals surface area (Å²) < 4.78 is 0. The zero-order valence-corrected chi connectivity index (χ0v) is 34.4. The molecule has 6 atom stereocenters. The summed E-state index contributed by atoms with van der Waals surface area (Å²) in [7, 11) is 0. The molecule has 6 amide bonds. The van der Waals surface area contributed by atoms with E-state index < -0.39 is 71.7 Å². The largest absolute Gasteiger partial charge is 0.508 e. The number of phenols is 1. The van der Waals surface area contributed by atoms with Gasteiger partial charge in [-0.1, -0.05) is 60.7 Å². The van der Waals surface area contributed by atoms with E-state index in [1.807, 2.05) is 24.3 Å². The Morgan fingerprint density at radius 1 is 0.661 bits per heavy atom. The van der Waals surface area contributed by atoms with Gasteiger partial charge in [0.25, 0.3) is 0 Å². The van der Waals surface area contributed by atoms with Gasteiger partial charge in [-0.2, -0.15) is 0 Å². The average molecular weight is 850 g/mol. The van der Waals surface area contributed by atoms with E-state index in [-0.39, 0.29) is 37.9 Å². The molecule has 0 fully saturated rings. The highest BCUT2D eigenvalue weighted by atomic mass is 16.3. The second-order valence-corrected chi connectivity index (χ2v) is 15.2. The molecule has 5 aromatic rings. The molecule has 18 heteroatoms. The smallest absolute Gasteiger partial charge is 0.243 e. The van der Waals surface area contributed by atoms with E-state index in [4.69, 9.17) is 17.2 Å². The number of nitrogens with one attached hydrogen (secondary N) is 7. The number of carbonyl (C=O) groups is 6. The molecule has 14 N–H and O–H groups in total. The summed E-state index contributed by atoms with van der Waals surface area (Å²) in [6, 6.07) is 15.5. The second-order valence-electron chi connectivity index (χ2n) is 15.2. The molecule has 0 aliphatic carbocycles. The normalized spacial score (nSPS) is 14.0. The van der Waals surface area contributed by atoms with Crippen LogP contribution in [0.5, 0.6) is 5.75 Å². The van der Waals surface area contributed by atoms with Gasteiger partial charge < -0.3 is 58.9 Å². The van der Waals surface area contributed by atoms with E-state index in [9.17, 15) is 33.9 Å². The molecule has 18 nitrogen and oxygen atoms in total. The highest BCUT2D eigenvalue weighted by Crippen LogP contribution is 2.20. The Morgan fingerprint density at radius 2 is 1.24 bits per heavy atom. The first-order valence-electron chi connectivity index (χ1n) is 20.4. The van der Waals surface area contributed by atoms with Crippen LogP contribution < -0.4 is 43.8 Å². The number of benzene rings is 3. The molecule has 62 heavy (non-hydrogen) atoms. The van der Waals surface area contributed by atoms with Crippen molar-refractivity contribution in [1.82, 2.24) is 41.5 Å². The van der Waals surface area contributed by atoms with Gasteiger partial charge in [-0.3, -0.25) is 28.8 Å². The molecule has 2 aromatic heterocycles.